The van der Waals surface area contributed by atoms with Crippen molar-refractivity contribution in [3.05, 3.63) is 29.8 Å². The summed E-state index contributed by atoms with van der Waals surface area (Å²) in [5.74, 6) is 0.0209. The van der Waals surface area contributed by atoms with Crippen molar-refractivity contribution in [3.8, 4) is 5.75 Å². The van der Waals surface area contributed by atoms with E-state index < -0.39 is 12.1 Å². The number of Topliss-reactive ketones (excluding diaryl/α,β-unsaturated/α-hetero) is 1. The number of hydrogen-bond donors (Lipinski definition) is 2. The molecule has 0 radical (unpaired) electrons. The highest BCUT2D eigenvalue weighted by atomic mass is 16.5. The van der Waals surface area contributed by atoms with Gasteiger partial charge in [-0.05, 0) is 38.0 Å². The fourth-order valence-electron chi connectivity index (χ4n) is 1.48. The minimum absolute atomic E-state index is 0. The Hall–Kier alpha value is -2.04. The van der Waals surface area contributed by atoms with Crippen LogP contribution in [0, 0.1) is 0 Å². The van der Waals surface area contributed by atoms with Crippen LogP contribution in [-0.2, 0) is 16.0 Å². The van der Waals surface area contributed by atoms with Gasteiger partial charge in [-0.2, -0.15) is 0 Å². The second kappa shape index (κ2) is 8.13. The predicted molar refractivity (Wildman–Crippen MR) is 73.2 cm³/mol. The monoisotopic (exact) mass is 267 g/mol. The molecule has 1 aromatic rings. The van der Waals surface area contributed by atoms with Crippen molar-refractivity contribution in [1.29, 1.82) is 0 Å². The number of alkyl carbamates (subject to hydrolysis) is 1. The number of benzene rings is 1. The van der Waals surface area contributed by atoms with Crippen LogP contribution in [0.5, 0.6) is 5.75 Å². The van der Waals surface area contributed by atoms with Gasteiger partial charge in [-0.1, -0.05) is 19.6 Å². The molecule has 0 heterocycles. The van der Waals surface area contributed by atoms with E-state index in [4.69, 9.17) is 9.84 Å². The predicted octanol–water partition coefficient (Wildman–Crippen LogP) is 2.27. The van der Waals surface area contributed by atoms with Crippen LogP contribution < -0.4 is 5.32 Å². The first-order chi connectivity index (χ1) is 8.52. The molecule has 5 heteroatoms. The molecule has 1 rings (SSSR count). The molecule has 2 N–H and O–H groups in total. The topological polar surface area (TPSA) is 75.6 Å². The average molecular weight is 267 g/mol. The van der Waals surface area contributed by atoms with E-state index in [1.807, 2.05) is 0 Å². The standard InChI is InChI=1S/C13H17NO4.CH4/c1-3-18-13(17)14-12(9(2)15)8-10-4-6-11(16)7-5-10;/h4-7,12,16H,3,8H2,1-2H3,(H,14,17);1H4. The van der Waals surface area contributed by atoms with Gasteiger partial charge in [-0.25, -0.2) is 4.79 Å². The van der Waals surface area contributed by atoms with Crippen molar-refractivity contribution >= 4 is 11.9 Å². The van der Waals surface area contributed by atoms with E-state index in [2.05, 4.69) is 5.32 Å². The summed E-state index contributed by atoms with van der Waals surface area (Å²) in [6, 6.07) is 5.87. The Morgan fingerprint density at radius 3 is 2.37 bits per heavy atom. The third-order valence-electron chi connectivity index (χ3n) is 2.43. The zero-order chi connectivity index (χ0) is 13.5. The lowest BCUT2D eigenvalue weighted by atomic mass is 10.0. The first kappa shape index (κ1) is 17.0. The summed E-state index contributed by atoms with van der Waals surface area (Å²) in [5, 5.41) is 11.7. The number of ketones is 1. The molecule has 0 aromatic heterocycles. The van der Waals surface area contributed by atoms with Crippen molar-refractivity contribution < 1.29 is 19.4 Å². The number of rotatable bonds is 5. The summed E-state index contributed by atoms with van der Waals surface area (Å²) in [7, 11) is 0. The van der Waals surface area contributed by atoms with E-state index in [-0.39, 0.29) is 25.6 Å². The van der Waals surface area contributed by atoms with Crippen LogP contribution in [0.15, 0.2) is 24.3 Å². The molecule has 0 saturated heterocycles. The summed E-state index contributed by atoms with van der Waals surface area (Å²) < 4.78 is 4.74. The summed E-state index contributed by atoms with van der Waals surface area (Å²) in [6.07, 6.45) is -0.231. The smallest absolute Gasteiger partial charge is 0.407 e. The van der Waals surface area contributed by atoms with E-state index >= 15 is 0 Å². The van der Waals surface area contributed by atoms with Crippen molar-refractivity contribution in [1.82, 2.24) is 5.32 Å². The molecule has 5 nitrogen and oxygen atoms in total. The lowest BCUT2D eigenvalue weighted by Crippen LogP contribution is -2.41. The molecule has 0 aliphatic rings. The zero-order valence-electron chi connectivity index (χ0n) is 10.5. The van der Waals surface area contributed by atoms with Crippen LogP contribution in [0.2, 0.25) is 0 Å². The number of carbonyl (C=O) groups is 2. The Bertz CT molecular complexity index is 414. The van der Waals surface area contributed by atoms with Crippen molar-refractivity contribution in [2.24, 2.45) is 0 Å². The quantitative estimate of drug-likeness (QED) is 0.858. The number of phenols is 1. The lowest BCUT2D eigenvalue weighted by molar-refractivity contribution is -0.118. The van der Waals surface area contributed by atoms with Gasteiger partial charge < -0.3 is 15.2 Å². The highest BCUT2D eigenvalue weighted by molar-refractivity contribution is 5.85. The summed E-state index contributed by atoms with van der Waals surface area (Å²) in [5.41, 5.74) is 0.852. The molecule has 1 amide bonds. The molecule has 1 unspecified atom stereocenters. The summed E-state index contributed by atoms with van der Waals surface area (Å²) in [6.45, 7) is 3.37. The lowest BCUT2D eigenvalue weighted by Gasteiger charge is -2.15. The average Bonchev–Trinajstić information content (AvgIpc) is 2.31. The molecule has 0 aliphatic heterocycles. The van der Waals surface area contributed by atoms with E-state index in [0.717, 1.165) is 5.56 Å². The minimum Gasteiger partial charge on any atom is -0.508 e. The molecule has 1 atom stereocenters. The van der Waals surface area contributed by atoms with Gasteiger partial charge in [-0.15, -0.1) is 0 Å². The van der Waals surface area contributed by atoms with Gasteiger partial charge in [-0.3, -0.25) is 4.79 Å². The van der Waals surface area contributed by atoms with Crippen LogP contribution in [0.25, 0.3) is 0 Å². The molecule has 1 aromatic carbocycles. The van der Waals surface area contributed by atoms with Crippen LogP contribution in [0.1, 0.15) is 26.8 Å². The maximum Gasteiger partial charge on any atom is 0.407 e. The summed E-state index contributed by atoms with van der Waals surface area (Å²) in [4.78, 5) is 22.7. The van der Waals surface area contributed by atoms with Gasteiger partial charge in [0, 0.05) is 0 Å². The molecule has 106 valence electrons. The Labute approximate surface area is 113 Å². The molecule has 19 heavy (non-hydrogen) atoms. The third kappa shape index (κ3) is 5.90. The largest absolute Gasteiger partial charge is 0.508 e. The highest BCUT2D eigenvalue weighted by Crippen LogP contribution is 2.11. The molecule has 0 aliphatic carbocycles. The first-order valence-corrected chi connectivity index (χ1v) is 5.74. The van der Waals surface area contributed by atoms with Crippen LogP contribution in [0.3, 0.4) is 0 Å². The third-order valence-corrected chi connectivity index (χ3v) is 2.43. The first-order valence-electron chi connectivity index (χ1n) is 5.74. The zero-order valence-corrected chi connectivity index (χ0v) is 10.5. The van der Waals surface area contributed by atoms with Gasteiger partial charge in [0.1, 0.15) is 5.75 Å². The Morgan fingerprint density at radius 1 is 1.32 bits per heavy atom. The number of ether oxygens (including phenoxy) is 1. The summed E-state index contributed by atoms with van der Waals surface area (Å²) >= 11 is 0. The Morgan fingerprint density at radius 2 is 1.89 bits per heavy atom. The van der Waals surface area contributed by atoms with Gasteiger partial charge in [0.2, 0.25) is 0 Å². The normalized spacial score (nSPS) is 11.1. The van der Waals surface area contributed by atoms with E-state index in [1.165, 1.54) is 19.1 Å². The second-order valence-corrected chi connectivity index (χ2v) is 3.90. The SMILES string of the molecule is C.CCOC(=O)NC(Cc1ccc(O)cc1)C(C)=O. The number of hydrogen-bond acceptors (Lipinski definition) is 4. The maximum absolute atomic E-state index is 11.4. The molecule has 0 spiro atoms. The molecule has 0 saturated carbocycles. The Balaban J connectivity index is 0.00000324. The van der Waals surface area contributed by atoms with Crippen LogP contribution in [0.4, 0.5) is 4.79 Å². The molecular formula is C14H21NO4. The number of carbonyl (C=O) groups excluding carboxylic acids is 2. The number of nitrogens with one attached hydrogen (secondary N) is 1. The Kier molecular flexibility index (Phi) is 7.26. The van der Waals surface area contributed by atoms with E-state index in [9.17, 15) is 9.59 Å². The fourth-order valence-corrected chi connectivity index (χ4v) is 1.48. The van der Waals surface area contributed by atoms with Crippen molar-refractivity contribution in [2.75, 3.05) is 6.61 Å². The van der Waals surface area contributed by atoms with E-state index in [1.54, 1.807) is 19.1 Å². The second-order valence-electron chi connectivity index (χ2n) is 3.90. The fraction of sp³-hybridized carbons (Fsp3) is 0.429. The molecule has 0 fully saturated rings. The van der Waals surface area contributed by atoms with E-state index in [0.29, 0.717) is 6.42 Å². The number of amides is 1. The van der Waals surface area contributed by atoms with Crippen LogP contribution in [-0.4, -0.2) is 29.6 Å². The van der Waals surface area contributed by atoms with Crippen molar-refractivity contribution in [3.63, 3.8) is 0 Å². The number of phenolic OH excluding ortho intramolecular Hbond substituents is 1. The van der Waals surface area contributed by atoms with Crippen molar-refractivity contribution in [2.45, 2.75) is 33.7 Å². The minimum atomic E-state index is -0.617. The number of aromatic hydroxyl groups is 1. The molecular weight excluding hydrogens is 246 g/mol. The van der Waals surface area contributed by atoms with Crippen LogP contribution >= 0.6 is 0 Å². The highest BCUT2D eigenvalue weighted by Gasteiger charge is 2.18. The van der Waals surface area contributed by atoms with Gasteiger partial charge in [0.25, 0.3) is 0 Å². The molecule has 0 bridgehead atoms. The van der Waals surface area contributed by atoms with Gasteiger partial charge >= 0.3 is 6.09 Å². The van der Waals surface area contributed by atoms with Gasteiger partial charge in [0.15, 0.2) is 5.78 Å². The van der Waals surface area contributed by atoms with Gasteiger partial charge in [0.05, 0.1) is 12.6 Å². The maximum atomic E-state index is 11.4.